The molecule has 1 aromatic heterocycles. The van der Waals surface area contributed by atoms with E-state index in [4.69, 9.17) is 0 Å². The van der Waals surface area contributed by atoms with Crippen LogP contribution in [-0.2, 0) is 6.42 Å². The summed E-state index contributed by atoms with van der Waals surface area (Å²) >= 11 is 0. The zero-order valence-electron chi connectivity index (χ0n) is 15.1. The first-order valence-electron chi connectivity index (χ1n) is 9.05. The van der Waals surface area contributed by atoms with Gasteiger partial charge < -0.3 is 17.0 Å². The van der Waals surface area contributed by atoms with E-state index in [0.29, 0.717) is 0 Å². The van der Waals surface area contributed by atoms with Crippen LogP contribution in [0.2, 0.25) is 0 Å². The van der Waals surface area contributed by atoms with Crippen LogP contribution in [0.1, 0.15) is 28.4 Å². The minimum absolute atomic E-state index is 0. The molecular weight excluding hydrogens is 394 g/mol. The van der Waals surface area contributed by atoms with E-state index in [9.17, 15) is 0 Å². The van der Waals surface area contributed by atoms with Crippen LogP contribution in [0.4, 0.5) is 0 Å². The lowest BCUT2D eigenvalue weighted by Gasteiger charge is -2.16. The predicted molar refractivity (Wildman–Crippen MR) is 106 cm³/mol. The largest absolute Gasteiger partial charge is 1.00 e. The molecule has 1 heterocycles. The molecule has 0 saturated heterocycles. The van der Waals surface area contributed by atoms with Gasteiger partial charge in [-0.05, 0) is 5.56 Å². The fourth-order valence-electron chi connectivity index (χ4n) is 3.48. The molecule has 0 amide bonds. The van der Waals surface area contributed by atoms with Crippen LogP contribution < -0.4 is 21.5 Å². The Morgan fingerprint density at radius 1 is 0.556 bits per heavy atom. The van der Waals surface area contributed by atoms with Gasteiger partial charge in [0.2, 0.25) is 6.04 Å². The van der Waals surface area contributed by atoms with Crippen molar-refractivity contribution in [3.63, 3.8) is 0 Å². The smallest absolute Gasteiger partial charge is 0.209 e. The summed E-state index contributed by atoms with van der Waals surface area (Å²) in [5.74, 6) is 0. The molecule has 27 heavy (non-hydrogen) atoms. The number of pyridine rings is 1. The van der Waals surface area contributed by atoms with Crippen molar-refractivity contribution in [3.05, 3.63) is 138 Å². The second kappa shape index (κ2) is 9.29. The molecule has 0 aliphatic rings. The number of hydrogen-bond acceptors (Lipinski definition) is 0. The highest BCUT2D eigenvalue weighted by molar-refractivity contribution is 5.30. The van der Waals surface area contributed by atoms with Gasteiger partial charge in [-0.1, -0.05) is 97.1 Å². The van der Waals surface area contributed by atoms with E-state index < -0.39 is 0 Å². The Morgan fingerprint density at radius 3 is 1.59 bits per heavy atom. The van der Waals surface area contributed by atoms with E-state index in [1.165, 1.54) is 22.4 Å². The van der Waals surface area contributed by atoms with Gasteiger partial charge in [0, 0.05) is 23.3 Å². The summed E-state index contributed by atoms with van der Waals surface area (Å²) in [7, 11) is 0. The standard InChI is InChI=1S/C25H22N.BrH/c1-4-12-21(13-5-1)20-24-18-10-11-19-26(24)25(22-14-6-2-7-15-22)23-16-8-3-9-17-23;/h1-19,25H,20H2;1H/q+1;/p-1. The Balaban J connectivity index is 0.00000210. The molecule has 0 N–H and O–H groups in total. The molecule has 0 aliphatic heterocycles. The molecule has 4 aromatic rings. The van der Waals surface area contributed by atoms with E-state index in [1.807, 2.05) is 0 Å². The first kappa shape index (κ1) is 19.1. The average molecular weight is 416 g/mol. The first-order chi connectivity index (χ1) is 12.9. The van der Waals surface area contributed by atoms with Gasteiger partial charge in [0.05, 0.1) is 6.42 Å². The van der Waals surface area contributed by atoms with Crippen LogP contribution in [0.3, 0.4) is 0 Å². The van der Waals surface area contributed by atoms with Gasteiger partial charge in [0.25, 0.3) is 0 Å². The maximum atomic E-state index is 2.40. The van der Waals surface area contributed by atoms with E-state index in [-0.39, 0.29) is 23.0 Å². The van der Waals surface area contributed by atoms with Crippen molar-refractivity contribution in [1.82, 2.24) is 0 Å². The SMILES string of the molecule is [Br-].c1ccc(Cc2cccc[n+]2C(c2ccccc2)c2ccccc2)cc1. The van der Waals surface area contributed by atoms with Crippen molar-refractivity contribution in [3.8, 4) is 0 Å². The second-order valence-corrected chi connectivity index (χ2v) is 6.49. The molecule has 4 rings (SSSR count). The highest BCUT2D eigenvalue weighted by Gasteiger charge is 2.26. The van der Waals surface area contributed by atoms with Gasteiger partial charge in [-0.15, -0.1) is 0 Å². The molecular formula is C25H22BrN. The molecule has 3 aromatic carbocycles. The van der Waals surface area contributed by atoms with Gasteiger partial charge in [0.1, 0.15) is 0 Å². The Hall–Kier alpha value is -2.71. The Kier molecular flexibility index (Phi) is 6.56. The topological polar surface area (TPSA) is 3.88 Å². The summed E-state index contributed by atoms with van der Waals surface area (Å²) < 4.78 is 2.40. The zero-order chi connectivity index (χ0) is 17.6. The van der Waals surface area contributed by atoms with Gasteiger partial charge in [0.15, 0.2) is 11.9 Å². The van der Waals surface area contributed by atoms with Gasteiger partial charge >= 0.3 is 0 Å². The van der Waals surface area contributed by atoms with Crippen molar-refractivity contribution < 1.29 is 21.5 Å². The first-order valence-corrected chi connectivity index (χ1v) is 9.05. The molecule has 2 heteroatoms. The van der Waals surface area contributed by atoms with Crippen LogP contribution in [0.15, 0.2) is 115 Å². The van der Waals surface area contributed by atoms with Gasteiger partial charge in [-0.2, -0.15) is 4.57 Å². The lowest BCUT2D eigenvalue weighted by molar-refractivity contribution is -0.711. The average Bonchev–Trinajstić information content (AvgIpc) is 2.72. The van der Waals surface area contributed by atoms with E-state index in [1.54, 1.807) is 0 Å². The van der Waals surface area contributed by atoms with Crippen LogP contribution in [-0.4, -0.2) is 0 Å². The highest BCUT2D eigenvalue weighted by atomic mass is 79.9. The monoisotopic (exact) mass is 415 g/mol. The normalized spacial score (nSPS) is 10.4. The molecule has 0 bridgehead atoms. The molecule has 0 saturated carbocycles. The number of benzene rings is 3. The number of aromatic nitrogens is 1. The van der Waals surface area contributed by atoms with E-state index in [0.717, 1.165) is 6.42 Å². The quantitative estimate of drug-likeness (QED) is 0.440. The maximum absolute atomic E-state index is 2.40. The molecule has 0 fully saturated rings. The van der Waals surface area contributed by atoms with E-state index in [2.05, 4.69) is 120 Å². The summed E-state index contributed by atoms with van der Waals surface area (Å²) in [6.45, 7) is 0. The van der Waals surface area contributed by atoms with Crippen LogP contribution in [0, 0.1) is 0 Å². The molecule has 134 valence electrons. The zero-order valence-corrected chi connectivity index (χ0v) is 16.7. The lowest BCUT2D eigenvalue weighted by atomic mass is 9.97. The molecule has 0 unspecified atom stereocenters. The third kappa shape index (κ3) is 4.53. The summed E-state index contributed by atoms with van der Waals surface area (Å²) in [5.41, 5.74) is 5.22. The minimum Gasteiger partial charge on any atom is -1.00 e. The lowest BCUT2D eigenvalue weighted by Crippen LogP contribution is -3.00. The number of hydrogen-bond donors (Lipinski definition) is 0. The Bertz CT molecular complexity index is 913. The van der Waals surface area contributed by atoms with E-state index >= 15 is 0 Å². The third-order valence-corrected chi connectivity index (χ3v) is 4.71. The van der Waals surface area contributed by atoms with Gasteiger partial charge in [-0.25, -0.2) is 0 Å². The fourth-order valence-corrected chi connectivity index (χ4v) is 3.48. The summed E-state index contributed by atoms with van der Waals surface area (Å²) in [4.78, 5) is 0. The van der Waals surface area contributed by atoms with Crippen molar-refractivity contribution in [1.29, 1.82) is 0 Å². The molecule has 1 nitrogen and oxygen atoms in total. The van der Waals surface area contributed by atoms with Crippen LogP contribution >= 0.6 is 0 Å². The number of rotatable bonds is 5. The predicted octanol–water partition coefficient (Wildman–Crippen LogP) is 2.21. The maximum Gasteiger partial charge on any atom is 0.209 e. The fraction of sp³-hybridized carbons (Fsp3) is 0.0800. The summed E-state index contributed by atoms with van der Waals surface area (Å²) in [5, 5.41) is 0. The number of nitrogens with zero attached hydrogens (tertiary/aromatic N) is 1. The van der Waals surface area contributed by atoms with Gasteiger partial charge in [-0.3, -0.25) is 0 Å². The third-order valence-electron chi connectivity index (χ3n) is 4.71. The van der Waals surface area contributed by atoms with Crippen LogP contribution in [0.5, 0.6) is 0 Å². The van der Waals surface area contributed by atoms with Crippen LogP contribution in [0.25, 0.3) is 0 Å². The summed E-state index contributed by atoms with van der Waals surface area (Å²) in [6, 6.07) is 38.8. The molecule has 0 atom stereocenters. The number of halogens is 1. The molecule has 0 radical (unpaired) electrons. The second-order valence-electron chi connectivity index (χ2n) is 6.49. The van der Waals surface area contributed by atoms with Crippen molar-refractivity contribution in [2.75, 3.05) is 0 Å². The highest BCUT2D eigenvalue weighted by Crippen LogP contribution is 2.22. The van der Waals surface area contributed by atoms with Crippen molar-refractivity contribution in [2.45, 2.75) is 12.5 Å². The summed E-state index contributed by atoms with van der Waals surface area (Å²) in [6.07, 6.45) is 3.11. The molecule has 0 spiro atoms. The van der Waals surface area contributed by atoms with Crippen molar-refractivity contribution in [2.24, 2.45) is 0 Å². The van der Waals surface area contributed by atoms with Crippen molar-refractivity contribution >= 4 is 0 Å². The Labute approximate surface area is 171 Å². The Morgan fingerprint density at radius 2 is 1.04 bits per heavy atom. The molecule has 0 aliphatic carbocycles. The minimum atomic E-state index is 0.